The number of nitrogens with zero attached hydrogens (tertiary/aromatic N) is 1. The van der Waals surface area contributed by atoms with Crippen LogP contribution in [0.25, 0.3) is 0 Å². The molecule has 0 aromatic carbocycles. The highest BCUT2D eigenvalue weighted by Crippen LogP contribution is 2.03. The maximum atomic E-state index is 3.47. The summed E-state index contributed by atoms with van der Waals surface area (Å²) < 4.78 is 0. The van der Waals surface area contributed by atoms with Crippen molar-refractivity contribution >= 4 is 0 Å². The van der Waals surface area contributed by atoms with E-state index in [-0.39, 0.29) is 0 Å². The van der Waals surface area contributed by atoms with Crippen LogP contribution < -0.4 is 5.32 Å². The first-order valence-electron chi connectivity index (χ1n) is 7.66. The molecule has 0 fully saturated rings. The third-order valence-corrected chi connectivity index (χ3v) is 3.23. The largest absolute Gasteiger partial charge is 0.315 e. The summed E-state index contributed by atoms with van der Waals surface area (Å²) in [7, 11) is 0. The van der Waals surface area contributed by atoms with Gasteiger partial charge in [0.1, 0.15) is 0 Å². The average molecular weight is 242 g/mol. The standard InChI is InChI=1S/C15H34N2/c1-5-7-13-17(6-2)14-11-9-8-10-12-16-15(3)4/h15-16H,5-14H2,1-4H3. The molecule has 0 rings (SSSR count). The third-order valence-electron chi connectivity index (χ3n) is 3.23. The Hall–Kier alpha value is -0.0800. The van der Waals surface area contributed by atoms with Gasteiger partial charge >= 0.3 is 0 Å². The Bertz CT molecular complexity index is 146. The molecule has 0 atom stereocenters. The highest BCUT2D eigenvalue weighted by Gasteiger charge is 2.00. The molecule has 0 aliphatic carbocycles. The van der Waals surface area contributed by atoms with Gasteiger partial charge in [-0.15, -0.1) is 0 Å². The fourth-order valence-electron chi connectivity index (χ4n) is 2.01. The molecule has 0 aromatic heterocycles. The van der Waals surface area contributed by atoms with Crippen molar-refractivity contribution in [2.45, 2.75) is 72.3 Å². The lowest BCUT2D eigenvalue weighted by Crippen LogP contribution is -2.25. The molecule has 0 unspecified atom stereocenters. The van der Waals surface area contributed by atoms with E-state index in [4.69, 9.17) is 0 Å². The van der Waals surface area contributed by atoms with Crippen LogP contribution in [0.4, 0.5) is 0 Å². The Kier molecular flexibility index (Phi) is 12.3. The van der Waals surface area contributed by atoms with Crippen molar-refractivity contribution < 1.29 is 0 Å². The highest BCUT2D eigenvalue weighted by molar-refractivity contribution is 4.57. The SMILES string of the molecule is CCCCN(CC)CCCCCCNC(C)C. The maximum absolute atomic E-state index is 3.47. The van der Waals surface area contributed by atoms with Gasteiger partial charge in [-0.2, -0.15) is 0 Å². The van der Waals surface area contributed by atoms with Crippen molar-refractivity contribution in [2.75, 3.05) is 26.2 Å². The summed E-state index contributed by atoms with van der Waals surface area (Å²) in [5, 5.41) is 3.47. The molecule has 0 aliphatic heterocycles. The minimum absolute atomic E-state index is 0.639. The van der Waals surface area contributed by atoms with Crippen LogP contribution in [0.5, 0.6) is 0 Å². The third kappa shape index (κ3) is 12.2. The summed E-state index contributed by atoms with van der Waals surface area (Å²) >= 11 is 0. The first-order chi connectivity index (χ1) is 8.20. The fraction of sp³-hybridized carbons (Fsp3) is 1.00. The van der Waals surface area contributed by atoms with Crippen molar-refractivity contribution in [3.05, 3.63) is 0 Å². The van der Waals surface area contributed by atoms with Crippen molar-refractivity contribution in [1.82, 2.24) is 10.2 Å². The Balaban J connectivity index is 3.24. The minimum atomic E-state index is 0.639. The summed E-state index contributed by atoms with van der Waals surface area (Å²) in [6, 6.07) is 0.639. The number of unbranched alkanes of at least 4 members (excludes halogenated alkanes) is 4. The molecule has 0 aliphatic rings. The monoisotopic (exact) mass is 242 g/mol. The van der Waals surface area contributed by atoms with Gasteiger partial charge in [-0.1, -0.05) is 47.0 Å². The van der Waals surface area contributed by atoms with Gasteiger partial charge in [0.15, 0.2) is 0 Å². The zero-order valence-electron chi connectivity index (χ0n) is 12.6. The molecule has 2 nitrogen and oxygen atoms in total. The van der Waals surface area contributed by atoms with E-state index in [1.165, 1.54) is 64.7 Å². The molecule has 17 heavy (non-hydrogen) atoms. The summed E-state index contributed by atoms with van der Waals surface area (Å²) in [5.41, 5.74) is 0. The topological polar surface area (TPSA) is 15.3 Å². The second kappa shape index (κ2) is 12.4. The Morgan fingerprint density at radius 2 is 1.53 bits per heavy atom. The van der Waals surface area contributed by atoms with Crippen LogP contribution in [0.1, 0.15) is 66.2 Å². The first-order valence-corrected chi connectivity index (χ1v) is 7.66. The molecule has 0 saturated carbocycles. The van der Waals surface area contributed by atoms with E-state index in [0.717, 1.165) is 0 Å². The normalized spacial score (nSPS) is 11.6. The number of hydrogen-bond acceptors (Lipinski definition) is 2. The quantitative estimate of drug-likeness (QED) is 0.525. The lowest BCUT2D eigenvalue weighted by Gasteiger charge is -2.19. The number of hydrogen-bond donors (Lipinski definition) is 1. The smallest absolute Gasteiger partial charge is 0.00103 e. The van der Waals surface area contributed by atoms with Crippen LogP contribution in [0, 0.1) is 0 Å². The maximum Gasteiger partial charge on any atom is 0.00103 e. The average Bonchev–Trinajstić information content (AvgIpc) is 2.31. The Labute approximate surface area is 109 Å². The molecule has 0 aromatic rings. The second-order valence-electron chi connectivity index (χ2n) is 5.31. The summed E-state index contributed by atoms with van der Waals surface area (Å²) in [5.74, 6) is 0. The van der Waals surface area contributed by atoms with E-state index in [9.17, 15) is 0 Å². The molecule has 0 bridgehead atoms. The van der Waals surface area contributed by atoms with Gasteiger partial charge in [-0.25, -0.2) is 0 Å². The van der Waals surface area contributed by atoms with Crippen LogP contribution in [0.3, 0.4) is 0 Å². The minimum Gasteiger partial charge on any atom is -0.315 e. The predicted molar refractivity (Wildman–Crippen MR) is 78.6 cm³/mol. The first kappa shape index (κ1) is 16.9. The predicted octanol–water partition coefficient (Wildman–Crippen LogP) is 3.67. The van der Waals surface area contributed by atoms with Gasteiger partial charge < -0.3 is 10.2 Å². The molecule has 0 saturated heterocycles. The van der Waals surface area contributed by atoms with Crippen LogP contribution in [-0.4, -0.2) is 37.1 Å². The van der Waals surface area contributed by atoms with Crippen molar-refractivity contribution in [1.29, 1.82) is 0 Å². The molecule has 1 N–H and O–H groups in total. The highest BCUT2D eigenvalue weighted by atomic mass is 15.1. The van der Waals surface area contributed by atoms with Gasteiger partial charge in [0.25, 0.3) is 0 Å². The van der Waals surface area contributed by atoms with E-state index < -0.39 is 0 Å². The van der Waals surface area contributed by atoms with Crippen molar-refractivity contribution in [3.63, 3.8) is 0 Å². The lowest BCUT2D eigenvalue weighted by molar-refractivity contribution is 0.276. The Morgan fingerprint density at radius 3 is 2.12 bits per heavy atom. The molecule has 0 amide bonds. The molecule has 0 heterocycles. The molecule has 0 radical (unpaired) electrons. The molecule has 0 spiro atoms. The zero-order chi connectivity index (χ0) is 12.9. The van der Waals surface area contributed by atoms with Crippen LogP contribution in [0.2, 0.25) is 0 Å². The number of rotatable bonds is 12. The van der Waals surface area contributed by atoms with E-state index in [1.807, 2.05) is 0 Å². The summed E-state index contributed by atoms with van der Waals surface area (Å²) in [4.78, 5) is 2.59. The van der Waals surface area contributed by atoms with E-state index in [1.54, 1.807) is 0 Å². The molecular formula is C15H34N2. The van der Waals surface area contributed by atoms with Crippen LogP contribution >= 0.6 is 0 Å². The zero-order valence-corrected chi connectivity index (χ0v) is 12.6. The van der Waals surface area contributed by atoms with Crippen molar-refractivity contribution in [3.8, 4) is 0 Å². The number of nitrogens with one attached hydrogen (secondary N) is 1. The fourth-order valence-corrected chi connectivity index (χ4v) is 2.01. The molecule has 104 valence electrons. The van der Waals surface area contributed by atoms with Gasteiger partial charge in [0, 0.05) is 6.04 Å². The summed E-state index contributed by atoms with van der Waals surface area (Å²) in [6.07, 6.45) is 8.15. The van der Waals surface area contributed by atoms with E-state index in [2.05, 4.69) is 37.9 Å². The molecule has 2 heteroatoms. The lowest BCUT2D eigenvalue weighted by atomic mass is 10.1. The van der Waals surface area contributed by atoms with E-state index in [0.29, 0.717) is 6.04 Å². The van der Waals surface area contributed by atoms with Crippen LogP contribution in [0.15, 0.2) is 0 Å². The van der Waals surface area contributed by atoms with E-state index >= 15 is 0 Å². The van der Waals surface area contributed by atoms with Gasteiger partial charge in [0.05, 0.1) is 0 Å². The van der Waals surface area contributed by atoms with Gasteiger partial charge in [-0.05, 0) is 45.4 Å². The molecular weight excluding hydrogens is 208 g/mol. The van der Waals surface area contributed by atoms with Crippen LogP contribution in [-0.2, 0) is 0 Å². The Morgan fingerprint density at radius 1 is 0.882 bits per heavy atom. The summed E-state index contributed by atoms with van der Waals surface area (Å²) in [6.45, 7) is 14.0. The van der Waals surface area contributed by atoms with Gasteiger partial charge in [-0.3, -0.25) is 0 Å². The second-order valence-corrected chi connectivity index (χ2v) is 5.31. The van der Waals surface area contributed by atoms with Crippen molar-refractivity contribution in [2.24, 2.45) is 0 Å². The van der Waals surface area contributed by atoms with Gasteiger partial charge in [0.2, 0.25) is 0 Å².